The second-order valence-electron chi connectivity index (χ2n) is 4.50. The Hall–Kier alpha value is -1.71. The molecule has 0 fully saturated rings. The number of methoxy groups -OCH3 is 2. The van der Waals surface area contributed by atoms with E-state index in [1.54, 1.807) is 0 Å². The van der Waals surface area contributed by atoms with Gasteiger partial charge in [0.2, 0.25) is 12.1 Å². The summed E-state index contributed by atoms with van der Waals surface area (Å²) >= 11 is 0. The van der Waals surface area contributed by atoms with Crippen LogP contribution >= 0.6 is 0 Å². The second-order valence-corrected chi connectivity index (χ2v) is 4.50. The molecule has 1 unspecified atom stereocenters. The van der Waals surface area contributed by atoms with E-state index in [1.807, 2.05) is 54.6 Å². The molecule has 0 amide bonds. The molecule has 1 aromatic carbocycles. The van der Waals surface area contributed by atoms with Crippen LogP contribution in [0.25, 0.3) is 0 Å². The highest BCUT2D eigenvalue weighted by Gasteiger charge is 2.41. The van der Waals surface area contributed by atoms with Crippen molar-refractivity contribution in [1.29, 1.82) is 0 Å². The zero-order valence-electron chi connectivity index (χ0n) is 11.2. The number of carbonyl (C=O) groups excluding carboxylic acids is 1. The van der Waals surface area contributed by atoms with Crippen LogP contribution in [0.4, 0.5) is 0 Å². The van der Waals surface area contributed by atoms with Gasteiger partial charge in [0.25, 0.3) is 0 Å². The van der Waals surface area contributed by atoms with Gasteiger partial charge in [0.05, 0.1) is 5.41 Å². The van der Waals surface area contributed by atoms with Crippen LogP contribution in [0.2, 0.25) is 0 Å². The molecular weight excluding hydrogens is 240 g/mol. The second kappa shape index (κ2) is 5.95. The van der Waals surface area contributed by atoms with Crippen LogP contribution in [0, 0.1) is 0 Å². The van der Waals surface area contributed by atoms with Gasteiger partial charge in [-0.1, -0.05) is 54.6 Å². The average Bonchev–Trinajstić information content (AvgIpc) is 2.50. The van der Waals surface area contributed by atoms with Crippen molar-refractivity contribution in [1.82, 2.24) is 0 Å². The smallest absolute Gasteiger partial charge is 0.218 e. The first-order valence-corrected chi connectivity index (χ1v) is 6.24. The minimum Gasteiger partial charge on any atom is -0.349 e. The van der Waals surface area contributed by atoms with Crippen LogP contribution in [0.3, 0.4) is 0 Å². The SMILES string of the molecule is COC(OC)C(=O)C1(c2ccccc2)C=CC=CC1. The van der Waals surface area contributed by atoms with Crippen molar-refractivity contribution in [3.8, 4) is 0 Å². The van der Waals surface area contributed by atoms with Gasteiger partial charge < -0.3 is 9.47 Å². The number of rotatable bonds is 5. The van der Waals surface area contributed by atoms with Gasteiger partial charge in [0, 0.05) is 14.2 Å². The number of allylic oxidation sites excluding steroid dienone is 4. The maximum absolute atomic E-state index is 12.7. The fraction of sp³-hybridized carbons (Fsp3) is 0.312. The minimum atomic E-state index is -0.851. The molecule has 1 aromatic rings. The van der Waals surface area contributed by atoms with Crippen molar-refractivity contribution in [2.45, 2.75) is 18.1 Å². The van der Waals surface area contributed by atoms with Crippen molar-refractivity contribution < 1.29 is 14.3 Å². The normalized spacial score (nSPS) is 21.8. The molecule has 1 aliphatic carbocycles. The standard InChI is InChI=1S/C16H18O3/c1-18-15(19-2)14(17)16(11-7-4-8-12-16)13-9-5-3-6-10-13/h3-11,15H,12H2,1-2H3. The summed E-state index contributed by atoms with van der Waals surface area (Å²) in [6, 6.07) is 9.73. The summed E-state index contributed by atoms with van der Waals surface area (Å²) in [5, 5.41) is 0. The van der Waals surface area contributed by atoms with E-state index >= 15 is 0 Å². The summed E-state index contributed by atoms with van der Waals surface area (Å²) in [4.78, 5) is 12.7. The lowest BCUT2D eigenvalue weighted by Crippen LogP contribution is -2.43. The number of ether oxygens (including phenoxy) is 2. The lowest BCUT2D eigenvalue weighted by molar-refractivity contribution is -0.161. The van der Waals surface area contributed by atoms with Gasteiger partial charge in [0.1, 0.15) is 0 Å². The van der Waals surface area contributed by atoms with Crippen LogP contribution in [0.1, 0.15) is 12.0 Å². The Labute approximate surface area is 113 Å². The van der Waals surface area contributed by atoms with E-state index in [1.165, 1.54) is 14.2 Å². The number of ketones is 1. The number of Topliss-reactive ketones (excluding diaryl/α,β-unsaturated/α-hetero) is 1. The molecular formula is C16H18O3. The summed E-state index contributed by atoms with van der Waals surface area (Å²) < 4.78 is 10.3. The summed E-state index contributed by atoms with van der Waals surface area (Å²) in [5.74, 6) is -0.0794. The van der Waals surface area contributed by atoms with Crippen molar-refractivity contribution in [2.75, 3.05) is 14.2 Å². The fourth-order valence-electron chi connectivity index (χ4n) is 2.42. The van der Waals surface area contributed by atoms with E-state index in [0.717, 1.165) is 5.56 Å². The molecule has 0 saturated carbocycles. The van der Waals surface area contributed by atoms with E-state index < -0.39 is 11.7 Å². The molecule has 100 valence electrons. The molecule has 3 nitrogen and oxygen atoms in total. The zero-order chi connectivity index (χ0) is 13.7. The van der Waals surface area contributed by atoms with Gasteiger partial charge in [0.15, 0.2) is 0 Å². The van der Waals surface area contributed by atoms with Crippen molar-refractivity contribution in [3.63, 3.8) is 0 Å². The van der Waals surface area contributed by atoms with Crippen molar-refractivity contribution in [2.24, 2.45) is 0 Å². The van der Waals surface area contributed by atoms with Gasteiger partial charge in [-0.2, -0.15) is 0 Å². The lowest BCUT2D eigenvalue weighted by Gasteiger charge is -2.32. The largest absolute Gasteiger partial charge is 0.349 e. The van der Waals surface area contributed by atoms with E-state index in [-0.39, 0.29) is 5.78 Å². The van der Waals surface area contributed by atoms with Crippen molar-refractivity contribution in [3.05, 3.63) is 60.2 Å². The molecule has 3 heteroatoms. The molecule has 0 N–H and O–H groups in total. The quantitative estimate of drug-likeness (QED) is 0.762. The maximum atomic E-state index is 12.7. The molecule has 2 rings (SSSR count). The Kier molecular flexibility index (Phi) is 4.30. The highest BCUT2D eigenvalue weighted by molar-refractivity contribution is 5.95. The highest BCUT2D eigenvalue weighted by atomic mass is 16.7. The molecule has 1 atom stereocenters. The topological polar surface area (TPSA) is 35.5 Å². The molecule has 0 spiro atoms. The first-order chi connectivity index (χ1) is 9.24. The van der Waals surface area contributed by atoms with Crippen LogP contribution in [-0.2, 0) is 19.7 Å². The third-order valence-corrected chi connectivity index (χ3v) is 3.44. The first kappa shape index (κ1) is 13.7. The Morgan fingerprint density at radius 3 is 2.37 bits per heavy atom. The average molecular weight is 258 g/mol. The molecule has 1 aliphatic rings. The van der Waals surface area contributed by atoms with Crippen LogP contribution in [-0.4, -0.2) is 26.3 Å². The molecule has 0 saturated heterocycles. The van der Waals surface area contributed by atoms with E-state index in [0.29, 0.717) is 6.42 Å². The van der Waals surface area contributed by atoms with Gasteiger partial charge in [-0.25, -0.2) is 0 Å². The van der Waals surface area contributed by atoms with Gasteiger partial charge in [-0.05, 0) is 12.0 Å². The first-order valence-electron chi connectivity index (χ1n) is 6.24. The number of hydrogen-bond donors (Lipinski definition) is 0. The maximum Gasteiger partial charge on any atom is 0.218 e. The Morgan fingerprint density at radius 1 is 1.16 bits per heavy atom. The van der Waals surface area contributed by atoms with E-state index in [2.05, 4.69) is 0 Å². The number of carbonyl (C=O) groups is 1. The lowest BCUT2D eigenvalue weighted by atomic mass is 9.72. The predicted octanol–water partition coefficient (Wildman–Crippen LogP) is 2.63. The van der Waals surface area contributed by atoms with E-state index in [9.17, 15) is 4.79 Å². The number of benzene rings is 1. The monoisotopic (exact) mass is 258 g/mol. The summed E-state index contributed by atoms with van der Waals surface area (Å²) in [7, 11) is 2.96. The number of hydrogen-bond acceptors (Lipinski definition) is 3. The molecule has 0 aliphatic heterocycles. The summed E-state index contributed by atoms with van der Waals surface area (Å²) in [6.07, 6.45) is 7.54. The molecule has 19 heavy (non-hydrogen) atoms. The van der Waals surface area contributed by atoms with Crippen LogP contribution < -0.4 is 0 Å². The third-order valence-electron chi connectivity index (χ3n) is 3.44. The van der Waals surface area contributed by atoms with Gasteiger partial charge >= 0.3 is 0 Å². The Bertz CT molecular complexity index is 486. The molecule has 0 bridgehead atoms. The molecule has 0 radical (unpaired) electrons. The van der Waals surface area contributed by atoms with Crippen LogP contribution in [0.15, 0.2) is 54.6 Å². The zero-order valence-corrected chi connectivity index (χ0v) is 11.2. The predicted molar refractivity (Wildman–Crippen MR) is 73.8 cm³/mol. The fourth-order valence-corrected chi connectivity index (χ4v) is 2.42. The van der Waals surface area contributed by atoms with Gasteiger partial charge in [-0.3, -0.25) is 4.79 Å². The Balaban J connectivity index is 2.45. The summed E-state index contributed by atoms with van der Waals surface area (Å²) in [5.41, 5.74) is 0.256. The summed E-state index contributed by atoms with van der Waals surface area (Å²) in [6.45, 7) is 0. The van der Waals surface area contributed by atoms with Crippen LogP contribution in [0.5, 0.6) is 0 Å². The Morgan fingerprint density at radius 2 is 1.84 bits per heavy atom. The molecule has 0 heterocycles. The minimum absolute atomic E-state index is 0.0794. The van der Waals surface area contributed by atoms with E-state index in [4.69, 9.17) is 9.47 Å². The third kappa shape index (κ3) is 2.53. The van der Waals surface area contributed by atoms with Crippen molar-refractivity contribution >= 4 is 5.78 Å². The highest BCUT2D eigenvalue weighted by Crippen LogP contribution is 2.35. The molecule has 0 aromatic heterocycles. The van der Waals surface area contributed by atoms with Gasteiger partial charge in [-0.15, -0.1) is 0 Å².